The monoisotopic (exact) mass is 418 g/mol. The van der Waals surface area contributed by atoms with Crippen LogP contribution in [0.15, 0.2) is 78.1 Å². The smallest absolute Gasteiger partial charge is 0.230 e. The molecule has 2 aromatic heterocycles. The number of nitrogens with one attached hydrogen (secondary N) is 1. The number of ether oxygens (including phenoxy) is 1. The van der Waals surface area contributed by atoms with E-state index in [4.69, 9.17) is 4.74 Å². The van der Waals surface area contributed by atoms with Crippen LogP contribution >= 0.6 is 11.8 Å². The Labute approximate surface area is 179 Å². The van der Waals surface area contributed by atoms with Crippen LogP contribution in [0.2, 0.25) is 0 Å². The first-order valence-corrected chi connectivity index (χ1v) is 10.7. The zero-order valence-electron chi connectivity index (χ0n) is 16.6. The third-order valence-corrected chi connectivity index (χ3v) is 5.48. The van der Waals surface area contributed by atoms with E-state index in [0.29, 0.717) is 18.9 Å². The van der Waals surface area contributed by atoms with Crippen LogP contribution in [0.4, 0.5) is 0 Å². The van der Waals surface area contributed by atoms with E-state index >= 15 is 0 Å². The predicted molar refractivity (Wildman–Crippen MR) is 119 cm³/mol. The van der Waals surface area contributed by atoms with Crippen molar-refractivity contribution in [1.82, 2.24) is 19.9 Å². The zero-order chi connectivity index (χ0) is 20.8. The van der Waals surface area contributed by atoms with E-state index in [2.05, 4.69) is 15.4 Å². The maximum Gasteiger partial charge on any atom is 0.230 e. The van der Waals surface area contributed by atoms with E-state index in [-0.39, 0.29) is 5.91 Å². The van der Waals surface area contributed by atoms with Gasteiger partial charge in [-0.1, -0.05) is 42.1 Å². The molecule has 0 aliphatic rings. The van der Waals surface area contributed by atoms with E-state index in [1.807, 2.05) is 73.8 Å². The molecule has 0 bridgehead atoms. The number of amides is 1. The molecule has 4 aromatic rings. The van der Waals surface area contributed by atoms with Gasteiger partial charge in [0.1, 0.15) is 10.8 Å². The largest absolute Gasteiger partial charge is 0.494 e. The lowest BCUT2D eigenvalue weighted by Crippen LogP contribution is -2.24. The maximum absolute atomic E-state index is 12.2. The molecule has 0 unspecified atom stereocenters. The summed E-state index contributed by atoms with van der Waals surface area (Å²) in [6.07, 6.45) is 3.51. The number of nitrogens with zero attached hydrogens (tertiary/aromatic N) is 3. The zero-order valence-corrected chi connectivity index (χ0v) is 17.4. The molecule has 7 heteroatoms. The fraction of sp³-hybridized carbons (Fsp3) is 0.174. The molecule has 1 N–H and O–H groups in total. The Morgan fingerprint density at radius 2 is 1.93 bits per heavy atom. The highest BCUT2D eigenvalue weighted by atomic mass is 32.2. The van der Waals surface area contributed by atoms with Crippen molar-refractivity contribution >= 4 is 23.2 Å². The minimum absolute atomic E-state index is 0.0288. The summed E-state index contributed by atoms with van der Waals surface area (Å²) >= 11 is 1.41. The first-order valence-electron chi connectivity index (χ1n) is 9.74. The van der Waals surface area contributed by atoms with Gasteiger partial charge in [0.15, 0.2) is 0 Å². The molecule has 4 rings (SSSR count). The molecule has 0 atom stereocenters. The molecule has 0 aliphatic carbocycles. The Hall–Kier alpha value is -3.32. The molecule has 6 nitrogen and oxygen atoms in total. The van der Waals surface area contributed by atoms with E-state index in [0.717, 1.165) is 33.1 Å². The lowest BCUT2D eigenvalue weighted by Gasteiger charge is -2.05. The van der Waals surface area contributed by atoms with Crippen molar-refractivity contribution in [3.8, 4) is 17.0 Å². The molecule has 0 saturated heterocycles. The lowest BCUT2D eigenvalue weighted by molar-refractivity contribution is -0.118. The normalized spacial score (nSPS) is 10.8. The van der Waals surface area contributed by atoms with Crippen LogP contribution in [-0.2, 0) is 11.3 Å². The highest BCUT2D eigenvalue weighted by Gasteiger charge is 2.11. The van der Waals surface area contributed by atoms with Crippen molar-refractivity contribution < 1.29 is 9.53 Å². The number of rotatable bonds is 8. The van der Waals surface area contributed by atoms with Crippen molar-refractivity contribution in [2.75, 3.05) is 12.4 Å². The van der Waals surface area contributed by atoms with Crippen molar-refractivity contribution in [2.24, 2.45) is 0 Å². The highest BCUT2D eigenvalue weighted by molar-refractivity contribution is 8.00. The standard InChI is InChI=1S/C23H22N4O2S/c1-2-29-19-10-8-18(9-11-19)20-14-21-23(24-12-13-27(21)26-20)30-16-22(28)25-15-17-6-4-3-5-7-17/h3-14H,2,15-16H2,1H3,(H,25,28). The number of benzene rings is 2. The average molecular weight is 419 g/mol. The van der Waals surface area contributed by atoms with Crippen molar-refractivity contribution in [3.05, 3.63) is 78.6 Å². The SMILES string of the molecule is CCOc1ccc(-c2cc3c(SCC(=O)NCc4ccccc4)nccn3n2)cc1. The molecule has 0 radical (unpaired) electrons. The highest BCUT2D eigenvalue weighted by Crippen LogP contribution is 2.27. The fourth-order valence-corrected chi connectivity index (χ4v) is 3.83. The molecule has 0 saturated carbocycles. The van der Waals surface area contributed by atoms with Gasteiger partial charge in [0.2, 0.25) is 5.91 Å². The quantitative estimate of drug-likeness (QED) is 0.434. The summed E-state index contributed by atoms with van der Waals surface area (Å²) in [5, 5.41) is 8.36. The molecule has 0 aliphatic heterocycles. The third-order valence-electron chi connectivity index (χ3n) is 4.49. The van der Waals surface area contributed by atoms with Gasteiger partial charge in [-0.25, -0.2) is 9.50 Å². The summed E-state index contributed by atoms with van der Waals surface area (Å²) < 4.78 is 7.29. The number of carbonyl (C=O) groups is 1. The number of hydrogen-bond donors (Lipinski definition) is 1. The first kappa shape index (κ1) is 20.0. The fourth-order valence-electron chi connectivity index (χ4n) is 3.02. The molecule has 152 valence electrons. The van der Waals surface area contributed by atoms with Gasteiger partial charge >= 0.3 is 0 Å². The van der Waals surface area contributed by atoms with Gasteiger partial charge in [0, 0.05) is 24.5 Å². The van der Waals surface area contributed by atoms with E-state index < -0.39 is 0 Å². The van der Waals surface area contributed by atoms with Gasteiger partial charge in [-0.2, -0.15) is 5.10 Å². The van der Waals surface area contributed by atoms with E-state index in [1.165, 1.54) is 11.8 Å². The van der Waals surface area contributed by atoms with Crippen LogP contribution in [0.5, 0.6) is 5.75 Å². The van der Waals surface area contributed by atoms with Crippen LogP contribution in [0.1, 0.15) is 12.5 Å². The summed E-state index contributed by atoms with van der Waals surface area (Å²) in [4.78, 5) is 16.7. The van der Waals surface area contributed by atoms with Crippen LogP contribution in [0.3, 0.4) is 0 Å². The number of carbonyl (C=O) groups excluding carboxylic acids is 1. The Balaban J connectivity index is 1.43. The lowest BCUT2D eigenvalue weighted by atomic mass is 10.1. The Morgan fingerprint density at radius 3 is 2.70 bits per heavy atom. The van der Waals surface area contributed by atoms with Crippen molar-refractivity contribution in [2.45, 2.75) is 18.5 Å². The molecular formula is C23H22N4O2S. The molecule has 0 fully saturated rings. The maximum atomic E-state index is 12.2. The second-order valence-electron chi connectivity index (χ2n) is 6.60. The van der Waals surface area contributed by atoms with Crippen molar-refractivity contribution in [1.29, 1.82) is 0 Å². The topological polar surface area (TPSA) is 68.5 Å². The molecule has 30 heavy (non-hydrogen) atoms. The second kappa shape index (κ2) is 9.45. The van der Waals surface area contributed by atoms with Crippen molar-refractivity contribution in [3.63, 3.8) is 0 Å². The summed E-state index contributed by atoms with van der Waals surface area (Å²) in [5.74, 6) is 1.10. The van der Waals surface area contributed by atoms with Gasteiger partial charge in [0.05, 0.1) is 23.6 Å². The number of aromatic nitrogens is 3. The van der Waals surface area contributed by atoms with Crippen LogP contribution in [-0.4, -0.2) is 32.9 Å². The number of fused-ring (bicyclic) bond motifs is 1. The van der Waals surface area contributed by atoms with Gasteiger partial charge in [-0.05, 0) is 42.8 Å². The Kier molecular flexibility index (Phi) is 6.29. The van der Waals surface area contributed by atoms with Gasteiger partial charge in [-0.15, -0.1) is 0 Å². The first-order chi connectivity index (χ1) is 14.7. The predicted octanol–water partition coefficient (Wildman–Crippen LogP) is 4.20. The second-order valence-corrected chi connectivity index (χ2v) is 7.56. The average Bonchev–Trinajstić information content (AvgIpc) is 3.23. The van der Waals surface area contributed by atoms with E-state index in [9.17, 15) is 4.79 Å². The molecular weight excluding hydrogens is 396 g/mol. The summed E-state index contributed by atoms with van der Waals surface area (Å²) in [5.41, 5.74) is 3.80. The molecule has 2 aromatic carbocycles. The minimum Gasteiger partial charge on any atom is -0.494 e. The van der Waals surface area contributed by atoms with Crippen LogP contribution in [0.25, 0.3) is 16.8 Å². The van der Waals surface area contributed by atoms with Crippen LogP contribution < -0.4 is 10.1 Å². The van der Waals surface area contributed by atoms with Gasteiger partial charge in [-0.3, -0.25) is 4.79 Å². The molecule has 0 spiro atoms. The van der Waals surface area contributed by atoms with Gasteiger partial charge < -0.3 is 10.1 Å². The minimum atomic E-state index is -0.0288. The number of thioether (sulfide) groups is 1. The van der Waals surface area contributed by atoms with Crippen LogP contribution in [0, 0.1) is 0 Å². The Bertz CT molecular complexity index is 1130. The van der Waals surface area contributed by atoms with E-state index in [1.54, 1.807) is 10.7 Å². The number of hydrogen-bond acceptors (Lipinski definition) is 5. The molecule has 1 amide bonds. The Morgan fingerprint density at radius 1 is 1.13 bits per heavy atom. The molecule has 2 heterocycles. The summed E-state index contributed by atoms with van der Waals surface area (Å²) in [6.45, 7) is 3.12. The summed E-state index contributed by atoms with van der Waals surface area (Å²) in [7, 11) is 0. The summed E-state index contributed by atoms with van der Waals surface area (Å²) in [6, 6.07) is 19.7. The van der Waals surface area contributed by atoms with Gasteiger partial charge in [0.25, 0.3) is 0 Å². The third kappa shape index (κ3) is 4.80.